The van der Waals surface area contributed by atoms with Crippen molar-refractivity contribution in [2.75, 3.05) is 11.9 Å². The Morgan fingerprint density at radius 1 is 1.07 bits per heavy atom. The van der Waals surface area contributed by atoms with Gasteiger partial charge < -0.3 is 16.0 Å². The van der Waals surface area contributed by atoms with Crippen LogP contribution in [0.25, 0.3) is 10.9 Å². The number of para-hydroxylation sites is 1. The van der Waals surface area contributed by atoms with Crippen molar-refractivity contribution in [1.82, 2.24) is 4.98 Å². The van der Waals surface area contributed by atoms with Crippen LogP contribution in [-0.2, 0) is 0 Å². The van der Waals surface area contributed by atoms with Crippen LogP contribution in [0.15, 0.2) is 79.0 Å². The van der Waals surface area contributed by atoms with E-state index in [-0.39, 0.29) is 17.2 Å². The number of rotatable bonds is 7. The monoisotopic (exact) mass is 400 g/mol. The Balaban J connectivity index is 1.71. The van der Waals surface area contributed by atoms with Gasteiger partial charge in [0.25, 0.3) is 5.69 Å². The highest BCUT2D eigenvalue weighted by molar-refractivity contribution is 5.94. The number of nitro groups is 1. The van der Waals surface area contributed by atoms with Crippen molar-refractivity contribution < 1.29 is 9.72 Å². The summed E-state index contributed by atoms with van der Waals surface area (Å²) >= 11 is 0. The van der Waals surface area contributed by atoms with Crippen molar-refractivity contribution in [1.29, 1.82) is 0 Å². The lowest BCUT2D eigenvalue weighted by atomic mass is 9.91. The van der Waals surface area contributed by atoms with E-state index in [4.69, 9.17) is 5.73 Å². The molecule has 150 valence electrons. The van der Waals surface area contributed by atoms with E-state index in [0.717, 1.165) is 22.0 Å². The van der Waals surface area contributed by atoms with Crippen LogP contribution in [0.5, 0.6) is 0 Å². The summed E-state index contributed by atoms with van der Waals surface area (Å²) in [6.45, 7) is 0.433. The van der Waals surface area contributed by atoms with Gasteiger partial charge in [-0.2, -0.15) is 0 Å². The number of benzene rings is 3. The Morgan fingerprint density at radius 3 is 2.53 bits per heavy atom. The van der Waals surface area contributed by atoms with Crippen molar-refractivity contribution >= 4 is 28.2 Å². The number of H-pyrrole nitrogens is 1. The largest absolute Gasteiger partial charge is 0.379 e. The summed E-state index contributed by atoms with van der Waals surface area (Å²) < 4.78 is 0. The lowest BCUT2D eigenvalue weighted by Gasteiger charge is -2.19. The first-order chi connectivity index (χ1) is 14.5. The van der Waals surface area contributed by atoms with Gasteiger partial charge >= 0.3 is 0 Å². The minimum atomic E-state index is -0.703. The molecule has 1 aromatic heterocycles. The fourth-order valence-electron chi connectivity index (χ4n) is 3.67. The number of amides is 1. The molecular formula is C23H20N4O3. The SMILES string of the molecule is NC(=O)c1ccc(NC[C@@H](c2ccccc2)c2c[nH]c3ccccc23)c([N+](=O)[O-])c1. The van der Waals surface area contributed by atoms with Gasteiger partial charge in [0.05, 0.1) is 4.92 Å². The second-order valence-corrected chi connectivity index (χ2v) is 6.99. The van der Waals surface area contributed by atoms with E-state index in [1.165, 1.54) is 18.2 Å². The van der Waals surface area contributed by atoms with E-state index in [9.17, 15) is 14.9 Å². The van der Waals surface area contributed by atoms with Gasteiger partial charge in [-0.05, 0) is 29.3 Å². The molecule has 0 spiro atoms. The maximum atomic E-state index is 11.5. The average molecular weight is 400 g/mol. The van der Waals surface area contributed by atoms with Crippen molar-refractivity contribution in [3.8, 4) is 0 Å². The Hall–Kier alpha value is -4.13. The second kappa shape index (κ2) is 8.08. The summed E-state index contributed by atoms with van der Waals surface area (Å²) in [6, 6.07) is 22.2. The van der Waals surface area contributed by atoms with Crippen molar-refractivity contribution in [2.24, 2.45) is 5.73 Å². The molecule has 0 fully saturated rings. The third kappa shape index (κ3) is 3.73. The fourth-order valence-corrected chi connectivity index (χ4v) is 3.67. The van der Waals surface area contributed by atoms with Gasteiger partial charge in [-0.25, -0.2) is 0 Å². The number of hydrogen-bond donors (Lipinski definition) is 3. The molecule has 0 bridgehead atoms. The van der Waals surface area contributed by atoms with Crippen LogP contribution in [0, 0.1) is 10.1 Å². The quantitative estimate of drug-likeness (QED) is 0.315. The van der Waals surface area contributed by atoms with Gasteiger partial charge in [-0.3, -0.25) is 14.9 Å². The predicted molar refractivity (Wildman–Crippen MR) is 117 cm³/mol. The molecule has 4 rings (SSSR count). The van der Waals surface area contributed by atoms with Crippen molar-refractivity contribution in [3.05, 3.63) is 106 Å². The van der Waals surface area contributed by atoms with E-state index in [0.29, 0.717) is 12.2 Å². The van der Waals surface area contributed by atoms with Crippen LogP contribution in [-0.4, -0.2) is 22.4 Å². The molecule has 0 aliphatic carbocycles. The molecule has 7 heteroatoms. The number of nitrogens with zero attached hydrogens (tertiary/aromatic N) is 1. The zero-order chi connectivity index (χ0) is 21.1. The Labute approximate surface area is 172 Å². The van der Waals surface area contributed by atoms with Crippen molar-refractivity contribution in [2.45, 2.75) is 5.92 Å². The lowest BCUT2D eigenvalue weighted by molar-refractivity contribution is -0.384. The standard InChI is InChI=1S/C23H20N4O3/c24-23(28)16-10-11-21(22(12-16)27(29)30)26-13-18(15-6-2-1-3-7-15)19-14-25-20-9-5-4-8-17(19)20/h1-12,14,18,25-26H,13H2,(H2,24,28)/t18-/m0/s1. The first-order valence-corrected chi connectivity index (χ1v) is 9.47. The number of carbonyl (C=O) groups excluding carboxylic acids is 1. The van der Waals surface area contributed by atoms with Gasteiger partial charge in [0.15, 0.2) is 0 Å². The number of nitro benzene ring substituents is 1. The molecule has 1 atom stereocenters. The molecule has 0 saturated carbocycles. The molecule has 0 aliphatic rings. The number of hydrogen-bond acceptors (Lipinski definition) is 4. The third-order valence-corrected chi connectivity index (χ3v) is 5.17. The topological polar surface area (TPSA) is 114 Å². The summed E-state index contributed by atoms with van der Waals surface area (Å²) in [4.78, 5) is 25.7. The highest BCUT2D eigenvalue weighted by Crippen LogP contribution is 2.33. The number of carbonyl (C=O) groups is 1. The number of anilines is 1. The number of nitrogens with two attached hydrogens (primary N) is 1. The maximum absolute atomic E-state index is 11.5. The summed E-state index contributed by atoms with van der Waals surface area (Å²) in [5.74, 6) is -0.747. The van der Waals surface area contributed by atoms with Gasteiger partial charge in [0.2, 0.25) is 5.91 Å². The van der Waals surface area contributed by atoms with Crippen LogP contribution < -0.4 is 11.1 Å². The highest BCUT2D eigenvalue weighted by Gasteiger charge is 2.21. The molecular weight excluding hydrogens is 380 g/mol. The predicted octanol–water partition coefficient (Wildman–Crippen LogP) is 4.42. The first kappa shape index (κ1) is 19.2. The number of fused-ring (bicyclic) bond motifs is 1. The molecule has 7 nitrogen and oxygen atoms in total. The normalized spacial score (nSPS) is 11.9. The summed E-state index contributed by atoms with van der Waals surface area (Å²) in [5.41, 5.74) is 8.74. The fraction of sp³-hybridized carbons (Fsp3) is 0.0870. The van der Waals surface area contributed by atoms with E-state index in [1.807, 2.05) is 54.7 Å². The Morgan fingerprint density at radius 2 is 1.80 bits per heavy atom. The zero-order valence-electron chi connectivity index (χ0n) is 16.0. The molecule has 1 heterocycles. The van der Waals surface area contributed by atoms with E-state index >= 15 is 0 Å². The lowest BCUT2D eigenvalue weighted by Crippen LogP contribution is -2.16. The van der Waals surface area contributed by atoms with Crippen LogP contribution in [0.3, 0.4) is 0 Å². The molecule has 0 radical (unpaired) electrons. The van der Waals surface area contributed by atoms with E-state index in [1.54, 1.807) is 0 Å². The van der Waals surface area contributed by atoms with Gasteiger partial charge in [-0.1, -0.05) is 48.5 Å². The molecule has 4 aromatic rings. The van der Waals surface area contributed by atoms with Crippen molar-refractivity contribution in [3.63, 3.8) is 0 Å². The van der Waals surface area contributed by atoms with Crippen LogP contribution in [0.4, 0.5) is 11.4 Å². The third-order valence-electron chi connectivity index (χ3n) is 5.17. The van der Waals surface area contributed by atoms with Crippen LogP contribution in [0.1, 0.15) is 27.4 Å². The Kier molecular flexibility index (Phi) is 5.17. The summed E-state index contributed by atoms with van der Waals surface area (Å²) in [5, 5.41) is 15.8. The van der Waals surface area contributed by atoms with Gasteiger partial charge in [-0.15, -0.1) is 0 Å². The van der Waals surface area contributed by atoms with Gasteiger partial charge in [0, 0.05) is 41.2 Å². The molecule has 3 aromatic carbocycles. The van der Waals surface area contributed by atoms with E-state index < -0.39 is 10.8 Å². The molecule has 4 N–H and O–H groups in total. The molecule has 30 heavy (non-hydrogen) atoms. The van der Waals surface area contributed by atoms with E-state index in [2.05, 4.69) is 16.4 Å². The maximum Gasteiger partial charge on any atom is 0.293 e. The molecule has 0 saturated heterocycles. The second-order valence-electron chi connectivity index (χ2n) is 6.99. The average Bonchev–Trinajstić information content (AvgIpc) is 3.18. The highest BCUT2D eigenvalue weighted by atomic mass is 16.6. The zero-order valence-corrected chi connectivity index (χ0v) is 16.0. The molecule has 0 aliphatic heterocycles. The molecule has 0 unspecified atom stereocenters. The first-order valence-electron chi connectivity index (χ1n) is 9.47. The number of aromatic amines is 1. The number of aromatic nitrogens is 1. The summed E-state index contributed by atoms with van der Waals surface area (Å²) in [7, 11) is 0. The Bertz CT molecular complexity index is 1220. The minimum absolute atomic E-state index is 0.0437. The minimum Gasteiger partial charge on any atom is -0.379 e. The van der Waals surface area contributed by atoms with Crippen LogP contribution >= 0.6 is 0 Å². The van der Waals surface area contributed by atoms with Crippen LogP contribution in [0.2, 0.25) is 0 Å². The summed E-state index contributed by atoms with van der Waals surface area (Å²) in [6.07, 6.45) is 1.98. The smallest absolute Gasteiger partial charge is 0.293 e. The number of primary amides is 1. The van der Waals surface area contributed by atoms with Gasteiger partial charge in [0.1, 0.15) is 5.69 Å². The molecule has 1 amide bonds. The number of nitrogens with one attached hydrogen (secondary N) is 2.